The second kappa shape index (κ2) is 23.9. The van der Waals surface area contributed by atoms with Gasteiger partial charge in [0.2, 0.25) is 0 Å². The van der Waals surface area contributed by atoms with Crippen LogP contribution in [0.5, 0.6) is 0 Å². The molecule has 0 fully saturated rings. The van der Waals surface area contributed by atoms with Crippen molar-refractivity contribution in [2.45, 2.75) is 71.1 Å². The monoisotopic (exact) mass is 364 g/mol. The molecule has 0 aromatic carbocycles. The Morgan fingerprint density at radius 1 is 0.444 bits per heavy atom. The molecule has 0 N–H and O–H groups in total. The smallest absolute Gasteiger partial charge is 0.0348 e. The first-order valence-corrected chi connectivity index (χ1v) is 10.7. The van der Waals surface area contributed by atoms with Crippen LogP contribution in [0, 0.1) is 0 Å². The number of allylic oxidation sites excluding steroid dienone is 15. The van der Waals surface area contributed by atoms with Gasteiger partial charge in [-0.2, -0.15) is 0 Å². The van der Waals surface area contributed by atoms with Gasteiger partial charge in [0, 0.05) is 0 Å². The molecule has 0 saturated carbocycles. The van der Waals surface area contributed by atoms with Crippen LogP contribution in [0.2, 0.25) is 0 Å². The van der Waals surface area contributed by atoms with Gasteiger partial charge in [0.1, 0.15) is 0 Å². The quantitative estimate of drug-likeness (QED) is 0.178. The molecule has 27 heavy (non-hydrogen) atoms. The van der Waals surface area contributed by atoms with Gasteiger partial charge in [-0.1, -0.05) is 156 Å². The Morgan fingerprint density at radius 3 is 1.26 bits per heavy atom. The molecule has 0 saturated heterocycles. The van der Waals surface area contributed by atoms with Crippen molar-refractivity contribution in [2.75, 3.05) is 0 Å². The maximum Gasteiger partial charge on any atom is -0.0348 e. The summed E-state index contributed by atoms with van der Waals surface area (Å²) < 4.78 is 0. The van der Waals surface area contributed by atoms with E-state index in [1.807, 2.05) is 54.7 Å². The van der Waals surface area contributed by atoms with Crippen LogP contribution in [-0.4, -0.2) is 0 Å². The molecule has 0 aliphatic carbocycles. The second-order valence-electron chi connectivity index (χ2n) is 6.59. The van der Waals surface area contributed by atoms with Gasteiger partial charge in [-0.3, -0.25) is 0 Å². The van der Waals surface area contributed by atoms with Crippen molar-refractivity contribution < 1.29 is 0 Å². The van der Waals surface area contributed by atoms with Crippen LogP contribution in [0.4, 0.5) is 0 Å². The summed E-state index contributed by atoms with van der Waals surface area (Å²) in [6.45, 7) is 5.90. The summed E-state index contributed by atoms with van der Waals surface area (Å²) in [6, 6.07) is 0. The summed E-state index contributed by atoms with van der Waals surface area (Å²) in [5.41, 5.74) is 0. The van der Waals surface area contributed by atoms with Crippen LogP contribution < -0.4 is 0 Å². The summed E-state index contributed by atoms with van der Waals surface area (Å²) in [6.07, 6.45) is 44.1. The van der Waals surface area contributed by atoms with Gasteiger partial charge in [-0.15, -0.1) is 0 Å². The fourth-order valence-electron chi connectivity index (χ4n) is 2.53. The molecule has 0 aromatic rings. The molecule has 0 rings (SSSR count). The molecular weight excluding hydrogens is 324 g/mol. The zero-order valence-electron chi connectivity index (χ0n) is 17.4. The van der Waals surface area contributed by atoms with E-state index in [9.17, 15) is 0 Å². The van der Waals surface area contributed by atoms with Crippen LogP contribution in [0.25, 0.3) is 0 Å². The molecule has 0 nitrogen and oxygen atoms in total. The van der Waals surface area contributed by atoms with Gasteiger partial charge in [-0.25, -0.2) is 0 Å². The first-order chi connectivity index (χ1) is 13.4. The lowest BCUT2D eigenvalue weighted by atomic mass is 10.1. The van der Waals surface area contributed by atoms with Crippen molar-refractivity contribution in [1.29, 1.82) is 0 Å². The van der Waals surface area contributed by atoms with E-state index in [4.69, 9.17) is 0 Å². The summed E-state index contributed by atoms with van der Waals surface area (Å²) in [5, 5.41) is 0. The van der Waals surface area contributed by atoms with Crippen LogP contribution in [0.3, 0.4) is 0 Å². The molecule has 0 aliphatic rings. The predicted octanol–water partition coefficient (Wildman–Crippen LogP) is 8.99. The predicted molar refractivity (Wildman–Crippen MR) is 126 cm³/mol. The first kappa shape index (κ1) is 24.9. The highest BCUT2D eigenvalue weighted by Gasteiger charge is 1.90. The second-order valence-corrected chi connectivity index (χ2v) is 6.59. The average Bonchev–Trinajstić information content (AvgIpc) is 2.68. The Bertz CT molecular complexity index is 506. The van der Waals surface area contributed by atoms with Gasteiger partial charge < -0.3 is 0 Å². The molecule has 0 heterocycles. The SMILES string of the molecule is C=C/C=C/C=C/C=C/C=C/C=C/C=C/C=C/CCCCCCCCCCC. The topological polar surface area (TPSA) is 0 Å². The van der Waals surface area contributed by atoms with Gasteiger partial charge in [0.25, 0.3) is 0 Å². The lowest BCUT2D eigenvalue weighted by Crippen LogP contribution is -1.80. The van der Waals surface area contributed by atoms with Gasteiger partial charge in [0.15, 0.2) is 0 Å². The zero-order valence-corrected chi connectivity index (χ0v) is 17.4. The first-order valence-electron chi connectivity index (χ1n) is 10.7. The van der Waals surface area contributed by atoms with E-state index in [0.29, 0.717) is 0 Å². The van der Waals surface area contributed by atoms with Crippen molar-refractivity contribution in [3.8, 4) is 0 Å². The van der Waals surface area contributed by atoms with Gasteiger partial charge in [0.05, 0.1) is 0 Å². The van der Waals surface area contributed by atoms with E-state index < -0.39 is 0 Å². The number of rotatable bonds is 17. The molecule has 0 amide bonds. The molecule has 0 aliphatic heterocycles. The third kappa shape index (κ3) is 23.9. The molecule has 0 atom stereocenters. The Labute approximate surface area is 169 Å². The van der Waals surface area contributed by atoms with Crippen molar-refractivity contribution in [1.82, 2.24) is 0 Å². The third-order valence-corrected chi connectivity index (χ3v) is 4.08. The highest BCUT2D eigenvalue weighted by Crippen LogP contribution is 2.10. The summed E-state index contributed by atoms with van der Waals surface area (Å²) in [4.78, 5) is 0. The minimum absolute atomic E-state index is 1.20. The average molecular weight is 365 g/mol. The van der Waals surface area contributed by atoms with E-state index in [2.05, 4.69) is 43.9 Å². The third-order valence-electron chi connectivity index (χ3n) is 4.08. The summed E-state index contributed by atoms with van der Waals surface area (Å²) in [7, 11) is 0. The number of unbranched alkanes of at least 4 members (excludes halogenated alkanes) is 9. The largest absolute Gasteiger partial charge is 0.0991 e. The number of hydrogen-bond acceptors (Lipinski definition) is 0. The van der Waals surface area contributed by atoms with Crippen LogP contribution >= 0.6 is 0 Å². The minimum atomic E-state index is 1.20. The standard InChI is InChI=1S/C27H40/c1-3-5-7-9-11-13-15-17-19-21-23-25-27-26-24-22-20-18-16-14-12-10-8-6-4-2/h3,5,7,9,11,13,15,17,19,21,23-27H,1,4,6,8,10,12,14,16,18,20,22H2,2H3/b7-5+,11-9+,15-13+,19-17+,23-21+,26-24+,27-25+. The van der Waals surface area contributed by atoms with Crippen molar-refractivity contribution >= 4 is 0 Å². The summed E-state index contributed by atoms with van der Waals surface area (Å²) in [5.74, 6) is 0. The van der Waals surface area contributed by atoms with E-state index >= 15 is 0 Å². The Balaban J connectivity index is 3.53. The van der Waals surface area contributed by atoms with E-state index in [1.54, 1.807) is 6.08 Å². The highest BCUT2D eigenvalue weighted by molar-refractivity contribution is 5.21. The molecule has 0 bridgehead atoms. The van der Waals surface area contributed by atoms with Crippen molar-refractivity contribution in [3.63, 3.8) is 0 Å². The number of hydrogen-bond donors (Lipinski definition) is 0. The molecule has 0 aromatic heterocycles. The molecule has 0 spiro atoms. The minimum Gasteiger partial charge on any atom is -0.0991 e. The fourth-order valence-corrected chi connectivity index (χ4v) is 2.53. The van der Waals surface area contributed by atoms with Crippen molar-refractivity contribution in [2.24, 2.45) is 0 Å². The maximum atomic E-state index is 3.62. The van der Waals surface area contributed by atoms with E-state index in [-0.39, 0.29) is 0 Å². The molecule has 148 valence electrons. The molecule has 0 radical (unpaired) electrons. The van der Waals surface area contributed by atoms with Crippen LogP contribution in [0.1, 0.15) is 71.1 Å². The Morgan fingerprint density at radius 2 is 0.815 bits per heavy atom. The van der Waals surface area contributed by atoms with Gasteiger partial charge >= 0.3 is 0 Å². The van der Waals surface area contributed by atoms with Crippen molar-refractivity contribution in [3.05, 3.63) is 97.7 Å². The highest BCUT2D eigenvalue weighted by atomic mass is 14.0. The van der Waals surface area contributed by atoms with E-state index in [0.717, 1.165) is 0 Å². The molecular formula is C27H40. The van der Waals surface area contributed by atoms with Crippen LogP contribution in [-0.2, 0) is 0 Å². The Hall–Kier alpha value is -2.08. The summed E-state index contributed by atoms with van der Waals surface area (Å²) >= 11 is 0. The maximum absolute atomic E-state index is 3.62. The molecule has 0 unspecified atom stereocenters. The molecule has 0 heteroatoms. The van der Waals surface area contributed by atoms with Crippen LogP contribution in [0.15, 0.2) is 97.7 Å². The lowest BCUT2D eigenvalue weighted by Gasteiger charge is -2.00. The Kier molecular flexibility index (Phi) is 22.1. The fraction of sp³-hybridized carbons (Fsp3) is 0.407. The zero-order chi connectivity index (χ0) is 19.7. The normalized spacial score (nSPS) is 13.2. The van der Waals surface area contributed by atoms with Gasteiger partial charge in [-0.05, 0) is 12.8 Å². The lowest BCUT2D eigenvalue weighted by molar-refractivity contribution is 0.566. The van der Waals surface area contributed by atoms with E-state index in [1.165, 1.54) is 64.2 Å².